The second kappa shape index (κ2) is 5.14. The van der Waals surface area contributed by atoms with Crippen LogP contribution in [0.15, 0.2) is 22.9 Å². The standard InChI is InChI=1S/C6H5OPS4/c7-5(4-12-8(9)10)6-2-1-3-11-6/h1-4,7H/b5-4-. The topological polar surface area (TPSA) is 20.2 Å². The first-order valence-electron chi connectivity index (χ1n) is 2.94. The summed E-state index contributed by atoms with van der Waals surface area (Å²) in [5.41, 5.74) is 0. The first-order chi connectivity index (χ1) is 5.70. The van der Waals surface area contributed by atoms with Gasteiger partial charge < -0.3 is 5.11 Å². The van der Waals surface area contributed by atoms with Crippen LogP contribution in [0.4, 0.5) is 0 Å². The summed E-state index contributed by atoms with van der Waals surface area (Å²) in [4.78, 5) is 0.851. The SMILES string of the molecule is O/C(=C\SP(=S)=S)c1cccs1. The minimum atomic E-state index is -0.857. The molecule has 0 radical (unpaired) electrons. The molecule has 0 atom stereocenters. The van der Waals surface area contributed by atoms with E-state index in [1.807, 2.05) is 17.5 Å². The molecule has 0 saturated carbocycles. The summed E-state index contributed by atoms with van der Waals surface area (Å²) in [6.45, 7) is 0. The zero-order valence-electron chi connectivity index (χ0n) is 5.84. The molecule has 1 N–H and O–H groups in total. The fraction of sp³-hybridized carbons (Fsp3) is 0. The van der Waals surface area contributed by atoms with Crippen LogP contribution in [0.2, 0.25) is 0 Å². The molecule has 1 nitrogen and oxygen atoms in total. The smallest absolute Gasteiger partial charge is 0.139 e. The van der Waals surface area contributed by atoms with Crippen LogP contribution in [-0.4, -0.2) is 5.11 Å². The number of aliphatic hydroxyl groups excluding tert-OH is 1. The van der Waals surface area contributed by atoms with Gasteiger partial charge in [0.15, 0.2) is 0 Å². The third-order valence-corrected chi connectivity index (χ3v) is 4.80. The molecule has 6 heteroatoms. The largest absolute Gasteiger partial charge is 0.506 e. The van der Waals surface area contributed by atoms with Gasteiger partial charge in [-0.2, -0.15) is 0 Å². The van der Waals surface area contributed by atoms with Gasteiger partial charge in [0.05, 0.1) is 9.55 Å². The molecule has 0 aliphatic heterocycles. The lowest BCUT2D eigenvalue weighted by Crippen LogP contribution is -1.71. The van der Waals surface area contributed by atoms with Gasteiger partial charge in [-0.15, -0.1) is 11.3 Å². The summed E-state index contributed by atoms with van der Waals surface area (Å²) in [7, 11) is 0. The molecule has 0 bridgehead atoms. The fourth-order valence-electron chi connectivity index (χ4n) is 0.575. The average molecular weight is 252 g/mol. The van der Waals surface area contributed by atoms with Crippen LogP contribution >= 0.6 is 27.4 Å². The van der Waals surface area contributed by atoms with Crippen molar-refractivity contribution in [2.24, 2.45) is 0 Å². The van der Waals surface area contributed by atoms with E-state index in [9.17, 15) is 5.11 Å². The molecule has 0 aromatic carbocycles. The zero-order chi connectivity index (χ0) is 8.97. The summed E-state index contributed by atoms with van der Waals surface area (Å²) in [6, 6.07) is 3.74. The normalized spacial score (nSPS) is 11.5. The van der Waals surface area contributed by atoms with Crippen LogP contribution in [0.3, 0.4) is 0 Å². The lowest BCUT2D eigenvalue weighted by Gasteiger charge is -1.91. The lowest BCUT2D eigenvalue weighted by atomic mass is 10.4. The zero-order valence-corrected chi connectivity index (χ0v) is 10.00. The van der Waals surface area contributed by atoms with Crippen molar-refractivity contribution in [2.75, 3.05) is 0 Å². The van der Waals surface area contributed by atoms with Gasteiger partial charge in [-0.25, -0.2) is 0 Å². The number of rotatable bonds is 3. The number of hydrogen-bond acceptors (Lipinski definition) is 5. The summed E-state index contributed by atoms with van der Waals surface area (Å²) in [5, 5.41) is 13.0. The van der Waals surface area contributed by atoms with E-state index in [1.54, 1.807) is 5.41 Å². The first-order valence-corrected chi connectivity index (χ1v) is 8.67. The summed E-state index contributed by atoms with van der Waals surface area (Å²) < 4.78 is -0.857. The van der Waals surface area contributed by atoms with Crippen molar-refractivity contribution < 1.29 is 5.11 Å². The Kier molecular flexibility index (Phi) is 4.46. The minimum Gasteiger partial charge on any atom is -0.506 e. The van der Waals surface area contributed by atoms with Crippen LogP contribution in [0, 0.1) is 0 Å². The van der Waals surface area contributed by atoms with E-state index in [0.717, 1.165) is 4.88 Å². The molecule has 0 aliphatic carbocycles. The van der Waals surface area contributed by atoms with Gasteiger partial charge in [0.1, 0.15) is 5.76 Å². The number of hydrogen-bond donors (Lipinski definition) is 1. The van der Waals surface area contributed by atoms with Gasteiger partial charge in [-0.05, 0) is 35.1 Å². The third-order valence-electron chi connectivity index (χ3n) is 1.02. The molecule has 1 heterocycles. The summed E-state index contributed by atoms with van der Waals surface area (Å²) in [5.74, 6) is 0.261. The molecule has 0 amide bonds. The molecule has 0 aliphatic rings. The van der Waals surface area contributed by atoms with Crippen molar-refractivity contribution in [1.82, 2.24) is 0 Å². The predicted octanol–water partition coefficient (Wildman–Crippen LogP) is 3.66. The highest BCUT2D eigenvalue weighted by Gasteiger charge is 1.97. The Morgan fingerprint density at radius 1 is 1.67 bits per heavy atom. The maximum Gasteiger partial charge on any atom is 0.139 e. The maximum atomic E-state index is 9.43. The molecular formula is C6H5OPS4. The van der Waals surface area contributed by atoms with Gasteiger partial charge in [-0.1, -0.05) is 17.4 Å². The summed E-state index contributed by atoms with van der Waals surface area (Å²) in [6.07, 6.45) is 0. The second-order valence-electron chi connectivity index (χ2n) is 1.81. The van der Waals surface area contributed by atoms with Gasteiger partial charge in [-0.3, -0.25) is 0 Å². The Labute approximate surface area is 89.3 Å². The Hall–Kier alpha value is 0.330. The molecular weight excluding hydrogens is 247 g/mol. The van der Waals surface area contributed by atoms with Crippen molar-refractivity contribution in [3.63, 3.8) is 0 Å². The van der Waals surface area contributed by atoms with Gasteiger partial charge in [0.2, 0.25) is 0 Å². The Morgan fingerprint density at radius 3 is 2.92 bits per heavy atom. The quantitative estimate of drug-likeness (QED) is 0.654. The van der Waals surface area contributed by atoms with Crippen LogP contribution in [0.5, 0.6) is 0 Å². The van der Waals surface area contributed by atoms with Crippen LogP contribution in [0.25, 0.3) is 5.76 Å². The van der Waals surface area contributed by atoms with Crippen molar-refractivity contribution in [3.05, 3.63) is 27.8 Å². The van der Waals surface area contributed by atoms with Crippen molar-refractivity contribution in [1.29, 1.82) is 0 Å². The maximum absolute atomic E-state index is 9.43. The number of aliphatic hydroxyl groups is 1. The highest BCUT2D eigenvalue weighted by molar-refractivity contribution is 8.73. The highest BCUT2D eigenvalue weighted by atomic mass is 33.1. The molecule has 0 saturated heterocycles. The van der Waals surface area contributed by atoms with Crippen LogP contribution < -0.4 is 0 Å². The molecule has 1 aromatic heterocycles. The van der Waals surface area contributed by atoms with Gasteiger partial charge >= 0.3 is 0 Å². The van der Waals surface area contributed by atoms with E-state index >= 15 is 0 Å². The molecule has 0 spiro atoms. The highest BCUT2D eigenvalue weighted by Crippen LogP contribution is 2.31. The first kappa shape index (κ1) is 10.4. The summed E-state index contributed by atoms with van der Waals surface area (Å²) >= 11 is 12.5. The van der Waals surface area contributed by atoms with E-state index in [2.05, 4.69) is 0 Å². The van der Waals surface area contributed by atoms with E-state index in [1.165, 1.54) is 22.7 Å². The van der Waals surface area contributed by atoms with Crippen molar-refractivity contribution >= 4 is 56.8 Å². The Bertz CT molecular complexity index is 330. The van der Waals surface area contributed by atoms with Crippen molar-refractivity contribution in [2.45, 2.75) is 0 Å². The lowest BCUT2D eigenvalue weighted by molar-refractivity contribution is 0.515. The predicted molar refractivity (Wildman–Crippen MR) is 64.2 cm³/mol. The molecule has 1 rings (SSSR count). The molecule has 12 heavy (non-hydrogen) atoms. The fourth-order valence-corrected chi connectivity index (χ4v) is 2.94. The molecule has 64 valence electrons. The molecule has 0 fully saturated rings. The molecule has 1 aromatic rings. The van der Waals surface area contributed by atoms with E-state index in [0.29, 0.717) is 0 Å². The number of thiophene rings is 1. The minimum absolute atomic E-state index is 0.261. The average Bonchev–Trinajstić information content (AvgIpc) is 2.51. The third kappa shape index (κ3) is 3.37. The monoisotopic (exact) mass is 252 g/mol. The van der Waals surface area contributed by atoms with Gasteiger partial charge in [0.25, 0.3) is 0 Å². The second-order valence-corrected chi connectivity index (χ2v) is 9.65. The van der Waals surface area contributed by atoms with Crippen LogP contribution in [-0.2, 0) is 23.6 Å². The van der Waals surface area contributed by atoms with Crippen LogP contribution in [0.1, 0.15) is 4.88 Å². The van der Waals surface area contributed by atoms with Crippen molar-refractivity contribution in [3.8, 4) is 0 Å². The Morgan fingerprint density at radius 2 is 2.42 bits per heavy atom. The van der Waals surface area contributed by atoms with Gasteiger partial charge in [0, 0.05) is 5.41 Å². The van der Waals surface area contributed by atoms with E-state index in [4.69, 9.17) is 23.6 Å². The van der Waals surface area contributed by atoms with E-state index < -0.39 is 4.67 Å². The molecule has 0 unspecified atom stereocenters. The van der Waals surface area contributed by atoms with E-state index in [-0.39, 0.29) is 5.76 Å². The Balaban J connectivity index is 2.71.